The summed E-state index contributed by atoms with van der Waals surface area (Å²) in [4.78, 5) is 23.6. The molecule has 0 aliphatic carbocycles. The normalized spacial score (nSPS) is 10.7. The van der Waals surface area contributed by atoms with E-state index in [1.165, 1.54) is 41.5 Å². The summed E-state index contributed by atoms with van der Waals surface area (Å²) < 4.78 is 21.9. The van der Waals surface area contributed by atoms with Gasteiger partial charge < -0.3 is 29.2 Å². The van der Waals surface area contributed by atoms with E-state index < -0.39 is 25.2 Å². The first kappa shape index (κ1) is 35.1. The Bertz CT molecular complexity index is 1440. The van der Waals surface area contributed by atoms with Crippen molar-refractivity contribution in [1.29, 1.82) is 0 Å². The number of hydrogen-bond acceptors (Lipinski definition) is 8. The first-order valence-electron chi connectivity index (χ1n) is 15.3. The van der Waals surface area contributed by atoms with Crippen molar-refractivity contribution in [2.24, 2.45) is 0 Å². The lowest BCUT2D eigenvalue weighted by atomic mass is 9.93. The Morgan fingerprint density at radius 3 is 1.80 bits per heavy atom. The number of benzene rings is 3. The molecule has 0 fully saturated rings. The molecule has 2 N–H and O–H groups in total. The van der Waals surface area contributed by atoms with Gasteiger partial charge in [-0.15, -0.1) is 0 Å². The van der Waals surface area contributed by atoms with Crippen LogP contribution in [0, 0.1) is 0 Å². The Morgan fingerprint density at radius 2 is 1.22 bits per heavy atom. The predicted octanol–water partition coefficient (Wildman–Crippen LogP) is 6.26. The Balaban J connectivity index is 1.78. The molecule has 0 heterocycles. The zero-order chi connectivity index (χ0) is 32.6. The number of aliphatic hydroxyl groups is 2. The Morgan fingerprint density at radius 1 is 0.667 bits per heavy atom. The minimum Gasteiger partial charge on any atom is -0.486 e. The van der Waals surface area contributed by atoms with Gasteiger partial charge in [0.2, 0.25) is 0 Å². The van der Waals surface area contributed by atoms with Gasteiger partial charge in [-0.05, 0) is 64.8 Å². The number of aryl methyl sites for hydroxylation is 2. The first-order valence-corrected chi connectivity index (χ1v) is 15.3. The number of unbranched alkanes of at least 4 members (excludes halogenated alkanes) is 2. The maximum atomic E-state index is 11.8. The highest BCUT2D eigenvalue weighted by Crippen LogP contribution is 2.35. The number of rotatable bonds is 19. The highest BCUT2D eigenvalue weighted by atomic mass is 16.6. The van der Waals surface area contributed by atoms with Gasteiger partial charge in [0.1, 0.15) is 26.4 Å². The average Bonchev–Trinajstić information content (AvgIpc) is 3.08. The van der Waals surface area contributed by atoms with Crippen molar-refractivity contribution >= 4 is 11.9 Å². The fourth-order valence-corrected chi connectivity index (χ4v) is 4.60. The van der Waals surface area contributed by atoms with Crippen molar-refractivity contribution in [3.05, 3.63) is 96.1 Å². The zero-order valence-electron chi connectivity index (χ0n) is 26.3. The van der Waals surface area contributed by atoms with Gasteiger partial charge in [-0.1, -0.05) is 88.4 Å². The van der Waals surface area contributed by atoms with Crippen molar-refractivity contribution in [2.45, 2.75) is 46.0 Å². The first-order chi connectivity index (χ1) is 21.8. The number of carbonyl (C=O) groups excluding carboxylic acids is 2. The topological polar surface area (TPSA) is 112 Å². The molecule has 0 spiro atoms. The van der Waals surface area contributed by atoms with Crippen molar-refractivity contribution in [3.8, 4) is 33.8 Å². The van der Waals surface area contributed by atoms with Crippen molar-refractivity contribution in [3.63, 3.8) is 0 Å². The maximum Gasteiger partial charge on any atom is 0.335 e. The standard InChI is InChI=1S/C37H44O8/c1-5-7-8-9-28-10-12-30(13-11-28)33-16-14-31(22-29(33)6-2)32-15-17-34(42-18-20-44-36(40)26(3)24-38)35(23-32)43-19-21-45-37(41)27(4)25-39/h10-17,22-23,38-39H,3-9,18-21,24-25H2,1-2H3. The molecule has 0 amide bonds. The molecule has 45 heavy (non-hydrogen) atoms. The minimum atomic E-state index is -0.698. The molecule has 0 atom stereocenters. The third kappa shape index (κ3) is 10.6. The van der Waals surface area contributed by atoms with Gasteiger partial charge in [0, 0.05) is 0 Å². The number of hydrogen-bond donors (Lipinski definition) is 2. The molecule has 3 aromatic rings. The molecule has 0 aromatic heterocycles. The fraction of sp³-hybridized carbons (Fsp3) is 0.351. The summed E-state index contributed by atoms with van der Waals surface area (Å²) in [6.45, 7) is 10.2. The molecule has 8 nitrogen and oxygen atoms in total. The number of ether oxygens (including phenoxy) is 4. The van der Waals surface area contributed by atoms with Crippen molar-refractivity contribution < 1.29 is 38.7 Å². The second-order valence-corrected chi connectivity index (χ2v) is 10.5. The predicted molar refractivity (Wildman–Crippen MR) is 175 cm³/mol. The Kier molecular flexibility index (Phi) is 14.4. The van der Waals surface area contributed by atoms with Crippen LogP contribution in [-0.2, 0) is 31.9 Å². The van der Waals surface area contributed by atoms with E-state index in [9.17, 15) is 9.59 Å². The second kappa shape index (κ2) is 18.4. The summed E-state index contributed by atoms with van der Waals surface area (Å²) in [5.74, 6) is -0.571. The third-order valence-corrected chi connectivity index (χ3v) is 7.20. The van der Waals surface area contributed by atoms with Crippen molar-refractivity contribution in [2.75, 3.05) is 39.6 Å². The number of carbonyl (C=O) groups is 2. The lowest BCUT2D eigenvalue weighted by Gasteiger charge is -2.16. The van der Waals surface area contributed by atoms with E-state index in [1.54, 1.807) is 6.07 Å². The van der Waals surface area contributed by atoms with E-state index in [1.807, 2.05) is 12.1 Å². The van der Waals surface area contributed by atoms with Gasteiger partial charge in [0.15, 0.2) is 11.5 Å². The molecule has 0 aliphatic rings. The van der Waals surface area contributed by atoms with E-state index in [-0.39, 0.29) is 37.6 Å². The van der Waals surface area contributed by atoms with Crippen LogP contribution < -0.4 is 9.47 Å². The van der Waals surface area contributed by atoms with Crippen LogP contribution in [0.4, 0.5) is 0 Å². The summed E-state index contributed by atoms with van der Waals surface area (Å²) >= 11 is 0. The van der Waals surface area contributed by atoms with E-state index >= 15 is 0 Å². The summed E-state index contributed by atoms with van der Waals surface area (Å²) in [5.41, 5.74) is 6.78. The highest BCUT2D eigenvalue weighted by Gasteiger charge is 2.13. The summed E-state index contributed by atoms with van der Waals surface area (Å²) in [5, 5.41) is 18.1. The van der Waals surface area contributed by atoms with Gasteiger partial charge in [0.25, 0.3) is 0 Å². The summed E-state index contributed by atoms with van der Waals surface area (Å²) in [6, 6.07) is 20.8. The van der Waals surface area contributed by atoms with E-state index in [0.29, 0.717) is 11.5 Å². The van der Waals surface area contributed by atoms with E-state index in [2.05, 4.69) is 69.5 Å². The van der Waals surface area contributed by atoms with E-state index in [4.69, 9.17) is 29.2 Å². The highest BCUT2D eigenvalue weighted by molar-refractivity contribution is 5.88. The van der Waals surface area contributed by atoms with Gasteiger partial charge in [0.05, 0.1) is 24.4 Å². The van der Waals surface area contributed by atoms with Crippen LogP contribution in [-0.4, -0.2) is 61.8 Å². The third-order valence-electron chi connectivity index (χ3n) is 7.20. The zero-order valence-corrected chi connectivity index (χ0v) is 26.3. The van der Waals surface area contributed by atoms with Crippen LogP contribution in [0.1, 0.15) is 44.2 Å². The molecule has 0 unspecified atom stereocenters. The number of esters is 2. The lowest BCUT2D eigenvalue weighted by molar-refractivity contribution is -0.141. The van der Waals surface area contributed by atoms with Crippen LogP contribution in [0.25, 0.3) is 22.3 Å². The van der Waals surface area contributed by atoms with Gasteiger partial charge in [-0.3, -0.25) is 0 Å². The minimum absolute atomic E-state index is 0.0309. The largest absolute Gasteiger partial charge is 0.486 e. The molecule has 0 saturated carbocycles. The molecule has 8 heteroatoms. The second-order valence-electron chi connectivity index (χ2n) is 10.5. The molecular weight excluding hydrogens is 572 g/mol. The Hall–Kier alpha value is -4.40. The molecule has 3 rings (SSSR count). The van der Waals surface area contributed by atoms with Crippen LogP contribution in [0.5, 0.6) is 11.5 Å². The van der Waals surface area contributed by atoms with Crippen molar-refractivity contribution in [1.82, 2.24) is 0 Å². The lowest BCUT2D eigenvalue weighted by Crippen LogP contribution is -2.16. The summed E-state index contributed by atoms with van der Waals surface area (Å²) in [6.07, 6.45) is 5.62. The fourth-order valence-electron chi connectivity index (χ4n) is 4.60. The van der Waals surface area contributed by atoms with Crippen LogP contribution in [0.3, 0.4) is 0 Å². The molecule has 0 bridgehead atoms. The molecule has 0 aliphatic heterocycles. The van der Waals surface area contributed by atoms with Crippen LogP contribution in [0.15, 0.2) is 85.0 Å². The smallest absolute Gasteiger partial charge is 0.335 e. The molecule has 0 saturated heterocycles. The summed E-state index contributed by atoms with van der Waals surface area (Å²) in [7, 11) is 0. The van der Waals surface area contributed by atoms with Gasteiger partial charge >= 0.3 is 11.9 Å². The Labute approximate surface area is 265 Å². The average molecular weight is 617 g/mol. The maximum absolute atomic E-state index is 11.8. The molecule has 0 radical (unpaired) electrons. The number of aliphatic hydroxyl groups excluding tert-OH is 2. The molecule has 240 valence electrons. The quantitative estimate of drug-likeness (QED) is 0.0923. The molecule has 3 aromatic carbocycles. The molecular formula is C37H44O8. The SMILES string of the molecule is C=C(CO)C(=O)OCCOc1ccc(-c2ccc(-c3ccc(CCCCC)cc3)c(CC)c2)cc1OCCOC(=O)C(=C)CO. The van der Waals surface area contributed by atoms with Gasteiger partial charge in [-0.25, -0.2) is 9.59 Å². The van der Waals surface area contributed by atoms with Gasteiger partial charge in [-0.2, -0.15) is 0 Å². The van der Waals surface area contributed by atoms with Crippen LogP contribution >= 0.6 is 0 Å². The monoisotopic (exact) mass is 616 g/mol. The van der Waals surface area contributed by atoms with E-state index in [0.717, 1.165) is 24.0 Å². The van der Waals surface area contributed by atoms with Crippen LogP contribution in [0.2, 0.25) is 0 Å².